The first-order chi connectivity index (χ1) is 17.8. The van der Waals surface area contributed by atoms with Gasteiger partial charge in [-0.1, -0.05) is 120 Å². The SMILES string of the molecule is C.CC.CCC(C)c1ccccc1-c1ccc(CCc2c(C)cccc2C)cc1.Cc1cccc(C)c1C. The van der Waals surface area contributed by atoms with Crippen LogP contribution in [-0.4, -0.2) is 0 Å². The minimum absolute atomic E-state index is 0. The summed E-state index contributed by atoms with van der Waals surface area (Å²) in [5, 5.41) is 0. The van der Waals surface area contributed by atoms with Crippen molar-refractivity contribution in [3.05, 3.63) is 129 Å². The lowest BCUT2D eigenvalue weighted by Gasteiger charge is -2.15. The Morgan fingerprint density at radius 2 is 1.08 bits per heavy atom. The van der Waals surface area contributed by atoms with Gasteiger partial charge in [-0.05, 0) is 115 Å². The Bertz CT molecular complexity index is 1190. The maximum atomic E-state index is 2.32. The van der Waals surface area contributed by atoms with Gasteiger partial charge in [0, 0.05) is 0 Å². The standard InChI is InChI=1S/C26H30.C9H12.C2H6.CH4/c1-5-19(2)25-11-6-7-12-26(25)23-16-13-22(14-17-23)15-18-24-20(3)9-8-10-21(24)4;1-7-5-4-6-8(2)9(7)3;1-2;/h6-14,16-17,19H,5,15,18H2,1-4H3;4-6H,1-3H3;1-2H3;1H4. The van der Waals surface area contributed by atoms with Gasteiger partial charge in [-0.15, -0.1) is 0 Å². The highest BCUT2D eigenvalue weighted by atomic mass is 14.1. The molecule has 0 aliphatic rings. The first kappa shape index (κ1) is 32.9. The van der Waals surface area contributed by atoms with Crippen molar-refractivity contribution in [2.24, 2.45) is 0 Å². The lowest BCUT2D eigenvalue weighted by Crippen LogP contribution is -1.98. The molecule has 0 amide bonds. The average molecular weight is 509 g/mol. The maximum Gasteiger partial charge on any atom is -0.0149 e. The molecule has 0 spiro atoms. The Morgan fingerprint density at radius 3 is 1.58 bits per heavy atom. The van der Waals surface area contributed by atoms with Crippen molar-refractivity contribution in [1.82, 2.24) is 0 Å². The molecule has 204 valence electrons. The van der Waals surface area contributed by atoms with Crippen molar-refractivity contribution < 1.29 is 0 Å². The Balaban J connectivity index is 0.000000508. The van der Waals surface area contributed by atoms with Crippen LogP contribution in [0.15, 0.2) is 84.9 Å². The molecule has 0 saturated heterocycles. The molecule has 4 aromatic carbocycles. The second-order valence-electron chi connectivity index (χ2n) is 9.98. The Kier molecular flexibility index (Phi) is 14.4. The quantitative estimate of drug-likeness (QED) is 0.243. The van der Waals surface area contributed by atoms with Gasteiger partial charge in [0.25, 0.3) is 0 Å². The van der Waals surface area contributed by atoms with E-state index in [1.54, 1.807) is 0 Å². The van der Waals surface area contributed by atoms with Gasteiger partial charge in [0.05, 0.1) is 0 Å². The summed E-state index contributed by atoms with van der Waals surface area (Å²) in [6.45, 7) is 19.5. The molecule has 1 atom stereocenters. The molecular weight excluding hydrogens is 456 g/mol. The number of hydrogen-bond acceptors (Lipinski definition) is 0. The van der Waals surface area contributed by atoms with Gasteiger partial charge in [0.2, 0.25) is 0 Å². The Labute approximate surface area is 235 Å². The zero-order valence-electron chi connectivity index (χ0n) is 24.8. The van der Waals surface area contributed by atoms with Crippen LogP contribution in [0.3, 0.4) is 0 Å². The van der Waals surface area contributed by atoms with E-state index in [9.17, 15) is 0 Å². The van der Waals surface area contributed by atoms with Crippen LogP contribution in [0.2, 0.25) is 0 Å². The predicted molar refractivity (Wildman–Crippen MR) is 173 cm³/mol. The molecule has 0 fully saturated rings. The fraction of sp³-hybridized carbons (Fsp3) is 0.368. The van der Waals surface area contributed by atoms with Crippen LogP contribution in [0, 0.1) is 34.6 Å². The fourth-order valence-electron chi connectivity index (χ4n) is 4.67. The van der Waals surface area contributed by atoms with E-state index in [4.69, 9.17) is 0 Å². The van der Waals surface area contributed by atoms with E-state index >= 15 is 0 Å². The van der Waals surface area contributed by atoms with Crippen LogP contribution >= 0.6 is 0 Å². The average Bonchev–Trinajstić information content (AvgIpc) is 2.93. The summed E-state index contributed by atoms with van der Waals surface area (Å²) in [7, 11) is 0. The van der Waals surface area contributed by atoms with Gasteiger partial charge in [-0.3, -0.25) is 0 Å². The van der Waals surface area contributed by atoms with E-state index < -0.39 is 0 Å². The van der Waals surface area contributed by atoms with Gasteiger partial charge >= 0.3 is 0 Å². The minimum Gasteiger partial charge on any atom is -0.0776 e. The largest absolute Gasteiger partial charge is 0.0776 e. The van der Waals surface area contributed by atoms with E-state index in [0.29, 0.717) is 5.92 Å². The second-order valence-corrected chi connectivity index (χ2v) is 9.98. The minimum atomic E-state index is 0. The van der Waals surface area contributed by atoms with Gasteiger partial charge in [-0.2, -0.15) is 0 Å². The van der Waals surface area contributed by atoms with Gasteiger partial charge < -0.3 is 0 Å². The molecule has 0 radical (unpaired) electrons. The molecule has 38 heavy (non-hydrogen) atoms. The molecule has 0 aromatic heterocycles. The third-order valence-electron chi connectivity index (χ3n) is 7.55. The molecule has 4 rings (SSSR count). The van der Waals surface area contributed by atoms with E-state index in [1.165, 1.54) is 62.1 Å². The summed E-state index contributed by atoms with van der Waals surface area (Å²) in [5.74, 6) is 0.593. The monoisotopic (exact) mass is 508 g/mol. The van der Waals surface area contributed by atoms with Crippen molar-refractivity contribution in [2.75, 3.05) is 0 Å². The highest BCUT2D eigenvalue weighted by molar-refractivity contribution is 5.68. The number of hydrogen-bond donors (Lipinski definition) is 0. The molecule has 1 unspecified atom stereocenters. The summed E-state index contributed by atoms with van der Waals surface area (Å²) < 4.78 is 0. The Hall–Kier alpha value is -3.12. The molecule has 0 N–H and O–H groups in total. The smallest absolute Gasteiger partial charge is 0.0149 e. The number of rotatable bonds is 6. The molecule has 0 bridgehead atoms. The molecule has 0 heterocycles. The van der Waals surface area contributed by atoms with Crippen LogP contribution in [0.1, 0.15) is 92.0 Å². The van der Waals surface area contributed by atoms with Crippen molar-refractivity contribution in [1.29, 1.82) is 0 Å². The maximum absolute atomic E-state index is 2.32. The third-order valence-corrected chi connectivity index (χ3v) is 7.55. The molecule has 4 aromatic rings. The molecule has 0 aliphatic carbocycles. The molecule has 0 heteroatoms. The van der Waals surface area contributed by atoms with E-state index in [-0.39, 0.29) is 7.43 Å². The lowest BCUT2D eigenvalue weighted by atomic mass is 9.89. The van der Waals surface area contributed by atoms with Gasteiger partial charge in [-0.25, -0.2) is 0 Å². The highest BCUT2D eigenvalue weighted by Crippen LogP contribution is 2.31. The van der Waals surface area contributed by atoms with Crippen LogP contribution in [-0.2, 0) is 12.8 Å². The first-order valence-corrected chi connectivity index (χ1v) is 14.1. The van der Waals surface area contributed by atoms with Gasteiger partial charge in [0.15, 0.2) is 0 Å². The predicted octanol–water partition coefficient (Wildman–Crippen LogP) is 11.5. The van der Waals surface area contributed by atoms with E-state index in [1.807, 2.05) is 13.8 Å². The molecule has 0 aliphatic heterocycles. The van der Waals surface area contributed by atoms with E-state index in [2.05, 4.69) is 133 Å². The summed E-state index contributed by atoms with van der Waals surface area (Å²) in [6.07, 6.45) is 3.38. The second kappa shape index (κ2) is 16.7. The summed E-state index contributed by atoms with van der Waals surface area (Å²) >= 11 is 0. The summed E-state index contributed by atoms with van der Waals surface area (Å²) in [4.78, 5) is 0. The van der Waals surface area contributed by atoms with Crippen molar-refractivity contribution in [3.8, 4) is 11.1 Å². The number of benzene rings is 4. The zero-order valence-corrected chi connectivity index (χ0v) is 24.8. The van der Waals surface area contributed by atoms with Crippen molar-refractivity contribution >= 4 is 0 Å². The Morgan fingerprint density at radius 1 is 0.579 bits per heavy atom. The lowest BCUT2D eigenvalue weighted by molar-refractivity contribution is 0.735. The van der Waals surface area contributed by atoms with E-state index in [0.717, 1.165) is 12.8 Å². The van der Waals surface area contributed by atoms with Crippen molar-refractivity contribution in [2.45, 2.75) is 94.9 Å². The number of aryl methyl sites for hydroxylation is 5. The highest BCUT2D eigenvalue weighted by Gasteiger charge is 2.10. The summed E-state index contributed by atoms with van der Waals surface area (Å²) in [6, 6.07) is 31.0. The topological polar surface area (TPSA) is 0 Å². The van der Waals surface area contributed by atoms with Crippen LogP contribution < -0.4 is 0 Å². The first-order valence-electron chi connectivity index (χ1n) is 14.1. The molecular formula is C38H52. The molecule has 0 saturated carbocycles. The van der Waals surface area contributed by atoms with Crippen LogP contribution in [0.25, 0.3) is 11.1 Å². The third kappa shape index (κ3) is 9.02. The van der Waals surface area contributed by atoms with Crippen LogP contribution in [0.5, 0.6) is 0 Å². The van der Waals surface area contributed by atoms with Crippen LogP contribution in [0.4, 0.5) is 0 Å². The molecule has 0 nitrogen and oxygen atoms in total. The zero-order chi connectivity index (χ0) is 27.4. The van der Waals surface area contributed by atoms with Gasteiger partial charge in [0.1, 0.15) is 0 Å². The summed E-state index contributed by atoms with van der Waals surface area (Å²) in [5.41, 5.74) is 14.1. The van der Waals surface area contributed by atoms with Crippen molar-refractivity contribution in [3.63, 3.8) is 0 Å². The normalized spacial score (nSPS) is 10.8. The fourth-order valence-corrected chi connectivity index (χ4v) is 4.67.